The van der Waals surface area contributed by atoms with Crippen LogP contribution in [0.3, 0.4) is 0 Å². The molecule has 1 atom stereocenters. The molecular weight excluding hydrogens is 628 g/mol. The quantitative estimate of drug-likeness (QED) is 0.250. The average molecular weight is 677 g/mol. The number of carbonyl (C=O) groups excluding carboxylic acids is 4. The number of amides is 4. The van der Waals surface area contributed by atoms with E-state index in [1.807, 2.05) is 60.5 Å². The Morgan fingerprint density at radius 3 is 2.28 bits per heavy atom. The molecular formula is C40H48N6O4. The monoisotopic (exact) mass is 676 g/mol. The number of nitrogens with one attached hydrogen (secondary N) is 3. The molecule has 5 aliphatic rings. The van der Waals surface area contributed by atoms with E-state index >= 15 is 0 Å². The Morgan fingerprint density at radius 1 is 0.900 bits per heavy atom. The predicted molar refractivity (Wildman–Crippen MR) is 192 cm³/mol. The number of nitrogens with zero attached hydrogens (tertiary/aromatic N) is 3. The Labute approximate surface area is 294 Å². The maximum absolute atomic E-state index is 14.6. The summed E-state index contributed by atoms with van der Waals surface area (Å²) < 4.78 is 0. The van der Waals surface area contributed by atoms with Crippen molar-refractivity contribution in [3.63, 3.8) is 0 Å². The van der Waals surface area contributed by atoms with Crippen molar-refractivity contribution >= 4 is 35.1 Å². The van der Waals surface area contributed by atoms with Crippen LogP contribution in [0.1, 0.15) is 67.7 Å². The van der Waals surface area contributed by atoms with Gasteiger partial charge in [-0.05, 0) is 111 Å². The van der Waals surface area contributed by atoms with Crippen molar-refractivity contribution in [1.29, 1.82) is 0 Å². The smallest absolute Gasteiger partial charge is 0.244 e. The summed E-state index contributed by atoms with van der Waals surface area (Å²) in [5.41, 5.74) is 4.09. The number of rotatable bonds is 12. The molecule has 3 N–H and O–H groups in total. The molecule has 10 heteroatoms. The first-order valence-corrected chi connectivity index (χ1v) is 18.1. The number of anilines is 2. The van der Waals surface area contributed by atoms with Gasteiger partial charge in [0, 0.05) is 44.0 Å². The van der Waals surface area contributed by atoms with Gasteiger partial charge in [-0.15, -0.1) is 0 Å². The molecule has 2 aromatic carbocycles. The van der Waals surface area contributed by atoms with Crippen LogP contribution in [0.5, 0.6) is 0 Å². The minimum absolute atomic E-state index is 0.0252. The van der Waals surface area contributed by atoms with Crippen molar-refractivity contribution in [3.05, 3.63) is 89.1 Å². The molecule has 262 valence electrons. The highest BCUT2D eigenvalue weighted by molar-refractivity contribution is 5.96. The van der Waals surface area contributed by atoms with Crippen LogP contribution in [-0.2, 0) is 45.1 Å². The second-order valence-electron chi connectivity index (χ2n) is 15.0. The highest BCUT2D eigenvalue weighted by Crippen LogP contribution is 2.65. The minimum Gasteiger partial charge on any atom is -0.342 e. The fourth-order valence-corrected chi connectivity index (χ4v) is 8.67. The van der Waals surface area contributed by atoms with Gasteiger partial charge in [0.05, 0.1) is 10.8 Å². The molecule has 1 saturated heterocycles. The van der Waals surface area contributed by atoms with Crippen LogP contribution < -0.4 is 16.0 Å². The Morgan fingerprint density at radius 2 is 1.62 bits per heavy atom. The van der Waals surface area contributed by atoms with E-state index in [1.165, 1.54) is 0 Å². The SMILES string of the molecule is CCC1(C(=O)N(CC(=O)Nc2ccc3c(c2)C[C@H](C(=O)Nc2ccccn2)C3)Cc2ccccc2CNC)CCN(C(=O)C23CC(C2)C3)CC1. The first-order valence-electron chi connectivity index (χ1n) is 18.1. The Hall–Kier alpha value is -4.57. The van der Waals surface area contributed by atoms with Crippen LogP contribution in [0, 0.1) is 22.7 Å². The van der Waals surface area contributed by atoms with Crippen molar-refractivity contribution < 1.29 is 19.2 Å². The normalized spacial score (nSPS) is 22.8. The first-order chi connectivity index (χ1) is 24.2. The van der Waals surface area contributed by atoms with Crippen LogP contribution in [0.25, 0.3) is 0 Å². The van der Waals surface area contributed by atoms with Crippen LogP contribution in [-0.4, -0.2) is 65.1 Å². The lowest BCUT2D eigenvalue weighted by molar-refractivity contribution is -0.180. The van der Waals surface area contributed by atoms with Crippen molar-refractivity contribution in [2.45, 2.75) is 71.4 Å². The molecule has 4 fully saturated rings. The Balaban J connectivity index is 1.04. The maximum atomic E-state index is 14.6. The zero-order valence-electron chi connectivity index (χ0n) is 29.2. The molecule has 3 aromatic rings. The van der Waals surface area contributed by atoms with Gasteiger partial charge in [0.2, 0.25) is 23.6 Å². The average Bonchev–Trinajstić information content (AvgIpc) is 3.51. The number of aromatic nitrogens is 1. The summed E-state index contributed by atoms with van der Waals surface area (Å²) >= 11 is 0. The van der Waals surface area contributed by atoms with Crippen molar-refractivity contribution in [2.24, 2.45) is 22.7 Å². The molecule has 2 bridgehead atoms. The summed E-state index contributed by atoms with van der Waals surface area (Å²) in [6, 6.07) is 19.2. The number of piperidine rings is 1. The van der Waals surface area contributed by atoms with Gasteiger partial charge >= 0.3 is 0 Å². The third-order valence-electron chi connectivity index (χ3n) is 11.8. The van der Waals surface area contributed by atoms with E-state index in [9.17, 15) is 19.2 Å². The molecule has 0 radical (unpaired) electrons. The summed E-state index contributed by atoms with van der Waals surface area (Å²) in [6.07, 6.45) is 7.79. The van der Waals surface area contributed by atoms with Crippen LogP contribution >= 0.6 is 0 Å². The molecule has 10 nitrogen and oxygen atoms in total. The zero-order chi connectivity index (χ0) is 34.9. The zero-order valence-corrected chi connectivity index (χ0v) is 29.2. The van der Waals surface area contributed by atoms with E-state index in [-0.39, 0.29) is 41.5 Å². The molecule has 8 rings (SSSR count). The topological polar surface area (TPSA) is 124 Å². The number of hydrogen-bond acceptors (Lipinski definition) is 6. The Bertz CT molecular complexity index is 1750. The van der Waals surface area contributed by atoms with Crippen molar-refractivity contribution in [2.75, 3.05) is 37.3 Å². The van der Waals surface area contributed by atoms with E-state index in [2.05, 4.69) is 27.9 Å². The second kappa shape index (κ2) is 14.0. The number of carbonyl (C=O) groups is 4. The molecule has 3 saturated carbocycles. The van der Waals surface area contributed by atoms with Gasteiger partial charge in [-0.1, -0.05) is 43.3 Å². The van der Waals surface area contributed by atoms with Crippen LogP contribution in [0.2, 0.25) is 0 Å². The number of likely N-dealkylation sites (tertiary alicyclic amines) is 1. The number of hydrogen-bond donors (Lipinski definition) is 3. The molecule has 50 heavy (non-hydrogen) atoms. The summed E-state index contributed by atoms with van der Waals surface area (Å²) in [5, 5.41) is 9.17. The lowest BCUT2D eigenvalue weighted by Gasteiger charge is -2.61. The lowest BCUT2D eigenvalue weighted by Crippen LogP contribution is -2.63. The van der Waals surface area contributed by atoms with Gasteiger partial charge in [-0.2, -0.15) is 0 Å². The standard InChI is InChI=1S/C40H48N6O4/c1-3-39(13-16-45(17-14-39)38(50)40-21-27(22-40)23-40)37(49)46(25-30-9-5-4-8-29(30)24-41-2)26-35(47)43-33-12-11-28-18-32(19-31(28)20-33)36(48)44-34-10-6-7-15-42-34/h4-12,15,20,27,32,41H,3,13-14,16-19,21-26H2,1-2H3,(H,43,47)(H,42,44,48)/t27?,32-,40?/m1/s1. The number of benzene rings is 2. The molecule has 0 spiro atoms. The summed E-state index contributed by atoms with van der Waals surface area (Å²) in [6.45, 7) is 4.09. The third kappa shape index (κ3) is 6.65. The second-order valence-corrected chi connectivity index (χ2v) is 15.0. The van der Waals surface area contributed by atoms with Crippen LogP contribution in [0.15, 0.2) is 66.9 Å². The van der Waals surface area contributed by atoms with Gasteiger partial charge in [0.25, 0.3) is 0 Å². The molecule has 4 amide bonds. The van der Waals surface area contributed by atoms with Gasteiger partial charge in [0.15, 0.2) is 0 Å². The van der Waals surface area contributed by atoms with Gasteiger partial charge in [-0.3, -0.25) is 19.2 Å². The maximum Gasteiger partial charge on any atom is 0.244 e. The molecule has 0 unspecified atom stereocenters. The predicted octanol–water partition coefficient (Wildman–Crippen LogP) is 4.94. The largest absolute Gasteiger partial charge is 0.342 e. The number of fused-ring (bicyclic) bond motifs is 1. The van der Waals surface area contributed by atoms with Gasteiger partial charge < -0.3 is 25.8 Å². The van der Waals surface area contributed by atoms with E-state index in [0.29, 0.717) is 69.8 Å². The lowest BCUT2D eigenvalue weighted by atomic mass is 9.44. The van der Waals surface area contributed by atoms with Gasteiger partial charge in [0.1, 0.15) is 12.4 Å². The van der Waals surface area contributed by atoms with E-state index in [0.717, 1.165) is 47.4 Å². The Kier molecular flexibility index (Phi) is 9.48. The summed E-state index contributed by atoms with van der Waals surface area (Å²) in [5.74, 6) is 0.972. The van der Waals surface area contributed by atoms with Crippen LogP contribution in [0.4, 0.5) is 11.5 Å². The highest BCUT2D eigenvalue weighted by Gasteiger charge is 2.62. The molecule has 1 aliphatic heterocycles. The molecule has 4 aliphatic carbocycles. The summed E-state index contributed by atoms with van der Waals surface area (Å²) in [7, 11) is 1.90. The molecule has 2 heterocycles. The van der Waals surface area contributed by atoms with E-state index < -0.39 is 5.41 Å². The fraction of sp³-hybridized carbons (Fsp3) is 0.475. The van der Waals surface area contributed by atoms with E-state index in [4.69, 9.17) is 0 Å². The highest BCUT2D eigenvalue weighted by atomic mass is 16.2. The molecule has 1 aromatic heterocycles. The van der Waals surface area contributed by atoms with Crippen molar-refractivity contribution in [1.82, 2.24) is 20.1 Å². The van der Waals surface area contributed by atoms with E-state index in [1.54, 1.807) is 23.2 Å². The first kappa shape index (κ1) is 33.9. The third-order valence-corrected chi connectivity index (χ3v) is 11.8. The minimum atomic E-state index is -0.632. The summed E-state index contributed by atoms with van der Waals surface area (Å²) in [4.78, 5) is 62.6. The van der Waals surface area contributed by atoms with Gasteiger partial charge in [-0.25, -0.2) is 4.98 Å². The number of pyridine rings is 1. The fourth-order valence-electron chi connectivity index (χ4n) is 8.67. The van der Waals surface area contributed by atoms with Crippen molar-refractivity contribution in [3.8, 4) is 0 Å².